The van der Waals surface area contributed by atoms with Crippen molar-refractivity contribution in [3.05, 3.63) is 65.6 Å². The zero-order chi connectivity index (χ0) is 18.9. The van der Waals surface area contributed by atoms with Gasteiger partial charge in [-0.3, -0.25) is 4.31 Å². The SMILES string of the molecule is COc1cccc(N(C2C=CS(=O)(=O)C2)S(=O)(=O)c2ccc(C)cc2)c1. The molecule has 1 aliphatic heterocycles. The summed E-state index contributed by atoms with van der Waals surface area (Å²) in [7, 11) is -5.91. The van der Waals surface area contributed by atoms with Gasteiger partial charge in [-0.1, -0.05) is 23.8 Å². The second kappa shape index (κ2) is 6.77. The van der Waals surface area contributed by atoms with Crippen LogP contribution in [0.1, 0.15) is 5.56 Å². The standard InChI is InChI=1S/C18H19NO5S2/c1-14-6-8-18(9-7-14)26(22,23)19(16-10-11-25(20,21)13-16)15-4-3-5-17(12-15)24-2/h3-12,16H,13H2,1-2H3. The first kappa shape index (κ1) is 18.5. The molecular formula is C18H19NO5S2. The minimum Gasteiger partial charge on any atom is -0.497 e. The van der Waals surface area contributed by atoms with Gasteiger partial charge in [-0.15, -0.1) is 0 Å². The second-order valence-corrected chi connectivity index (χ2v) is 9.79. The largest absolute Gasteiger partial charge is 0.497 e. The van der Waals surface area contributed by atoms with Gasteiger partial charge < -0.3 is 4.74 Å². The van der Waals surface area contributed by atoms with Crippen LogP contribution in [0.5, 0.6) is 5.75 Å². The highest BCUT2D eigenvalue weighted by molar-refractivity contribution is 7.95. The molecule has 1 heterocycles. The van der Waals surface area contributed by atoms with Crippen LogP contribution in [0.3, 0.4) is 0 Å². The molecule has 138 valence electrons. The van der Waals surface area contributed by atoms with Gasteiger partial charge in [-0.25, -0.2) is 16.8 Å². The van der Waals surface area contributed by atoms with E-state index in [0.29, 0.717) is 11.4 Å². The van der Waals surface area contributed by atoms with Crippen LogP contribution in [0, 0.1) is 6.92 Å². The lowest BCUT2D eigenvalue weighted by Gasteiger charge is -2.29. The summed E-state index contributed by atoms with van der Waals surface area (Å²) in [6.07, 6.45) is 1.40. The molecule has 8 heteroatoms. The van der Waals surface area contributed by atoms with Gasteiger partial charge in [0.25, 0.3) is 10.0 Å². The van der Waals surface area contributed by atoms with Crippen molar-refractivity contribution in [2.75, 3.05) is 17.2 Å². The Labute approximate surface area is 153 Å². The van der Waals surface area contributed by atoms with Crippen molar-refractivity contribution < 1.29 is 21.6 Å². The maximum atomic E-state index is 13.3. The molecule has 26 heavy (non-hydrogen) atoms. The summed E-state index contributed by atoms with van der Waals surface area (Å²) in [5.41, 5.74) is 1.27. The molecule has 6 nitrogen and oxygen atoms in total. The number of rotatable bonds is 5. The van der Waals surface area contributed by atoms with Crippen LogP contribution < -0.4 is 9.04 Å². The highest BCUT2D eigenvalue weighted by Crippen LogP contribution is 2.31. The van der Waals surface area contributed by atoms with E-state index in [0.717, 1.165) is 15.3 Å². The van der Waals surface area contributed by atoms with Gasteiger partial charge in [0.2, 0.25) is 0 Å². The Balaban J connectivity index is 2.14. The summed E-state index contributed by atoms with van der Waals surface area (Å²) < 4.78 is 56.7. The van der Waals surface area contributed by atoms with Gasteiger partial charge in [0.15, 0.2) is 9.84 Å². The first-order chi connectivity index (χ1) is 12.2. The van der Waals surface area contributed by atoms with Gasteiger partial charge in [0.1, 0.15) is 5.75 Å². The van der Waals surface area contributed by atoms with Crippen molar-refractivity contribution in [1.29, 1.82) is 0 Å². The Morgan fingerprint density at radius 1 is 1.12 bits per heavy atom. The van der Waals surface area contributed by atoms with E-state index in [1.54, 1.807) is 36.4 Å². The number of sulfonamides is 1. The van der Waals surface area contributed by atoms with Gasteiger partial charge >= 0.3 is 0 Å². The summed E-state index contributed by atoms with van der Waals surface area (Å²) in [4.78, 5) is 0.101. The molecular weight excluding hydrogens is 374 g/mol. The van der Waals surface area contributed by atoms with E-state index >= 15 is 0 Å². The van der Waals surface area contributed by atoms with Crippen LogP contribution in [0.15, 0.2) is 64.9 Å². The molecule has 0 fully saturated rings. The molecule has 2 aromatic rings. The van der Waals surface area contributed by atoms with E-state index in [9.17, 15) is 16.8 Å². The third-order valence-corrected chi connectivity index (χ3v) is 7.34. The Kier molecular flexibility index (Phi) is 4.81. The van der Waals surface area contributed by atoms with E-state index in [4.69, 9.17) is 4.74 Å². The average Bonchev–Trinajstić information content (AvgIpc) is 2.94. The molecule has 0 radical (unpaired) electrons. The first-order valence-corrected chi connectivity index (χ1v) is 11.0. The summed E-state index contributed by atoms with van der Waals surface area (Å²) in [5.74, 6) is 0.186. The maximum Gasteiger partial charge on any atom is 0.264 e. The van der Waals surface area contributed by atoms with Gasteiger partial charge in [0.05, 0.1) is 29.5 Å². The minimum atomic E-state index is -3.97. The zero-order valence-corrected chi connectivity index (χ0v) is 16.0. The van der Waals surface area contributed by atoms with E-state index in [2.05, 4.69) is 0 Å². The fraction of sp³-hybridized carbons (Fsp3) is 0.222. The summed E-state index contributed by atoms with van der Waals surface area (Å²) in [5, 5.41) is 1.06. The smallest absolute Gasteiger partial charge is 0.264 e. The molecule has 1 unspecified atom stereocenters. The molecule has 0 amide bonds. The average molecular weight is 393 g/mol. The highest BCUT2D eigenvalue weighted by atomic mass is 32.2. The fourth-order valence-electron chi connectivity index (χ4n) is 2.79. The Morgan fingerprint density at radius 3 is 2.38 bits per heavy atom. The number of nitrogens with zero attached hydrogens (tertiary/aromatic N) is 1. The number of benzene rings is 2. The predicted molar refractivity (Wildman–Crippen MR) is 101 cm³/mol. The van der Waals surface area contributed by atoms with E-state index in [1.165, 1.54) is 25.3 Å². The molecule has 0 saturated carbocycles. The van der Waals surface area contributed by atoms with Crippen molar-refractivity contribution in [2.45, 2.75) is 17.9 Å². The van der Waals surface area contributed by atoms with E-state index < -0.39 is 25.9 Å². The number of sulfone groups is 1. The maximum absolute atomic E-state index is 13.3. The first-order valence-electron chi connectivity index (χ1n) is 7.89. The molecule has 0 saturated heterocycles. The van der Waals surface area contributed by atoms with Gasteiger partial charge in [-0.05, 0) is 37.3 Å². The molecule has 3 rings (SSSR count). The van der Waals surface area contributed by atoms with Gasteiger partial charge in [0, 0.05) is 11.5 Å². The van der Waals surface area contributed by atoms with Crippen molar-refractivity contribution in [2.24, 2.45) is 0 Å². The topological polar surface area (TPSA) is 80.8 Å². The quantitative estimate of drug-likeness (QED) is 0.780. The van der Waals surface area contributed by atoms with Gasteiger partial charge in [-0.2, -0.15) is 0 Å². The number of aryl methyl sites for hydroxylation is 1. The molecule has 1 atom stereocenters. The Bertz CT molecular complexity index is 1040. The molecule has 0 aromatic heterocycles. The normalized spacial score (nSPS) is 18.6. The summed E-state index contributed by atoms with van der Waals surface area (Å²) >= 11 is 0. The lowest BCUT2D eigenvalue weighted by Crippen LogP contribution is -2.41. The van der Waals surface area contributed by atoms with Crippen LogP contribution >= 0.6 is 0 Å². The molecule has 0 spiro atoms. The molecule has 1 aliphatic rings. The number of anilines is 1. The third-order valence-electron chi connectivity index (χ3n) is 4.10. The third kappa shape index (κ3) is 3.61. The number of methoxy groups -OCH3 is 1. The van der Waals surface area contributed by atoms with Crippen LogP contribution in [0.25, 0.3) is 0 Å². The summed E-state index contributed by atoms with van der Waals surface area (Å²) in [6.45, 7) is 1.86. The highest BCUT2D eigenvalue weighted by Gasteiger charge is 2.36. The fourth-order valence-corrected chi connectivity index (χ4v) is 5.75. The lowest BCUT2D eigenvalue weighted by molar-refractivity contribution is 0.415. The van der Waals surface area contributed by atoms with Crippen LogP contribution in [0.2, 0.25) is 0 Å². The molecule has 2 aromatic carbocycles. The van der Waals surface area contributed by atoms with Crippen molar-refractivity contribution in [1.82, 2.24) is 0 Å². The molecule has 0 bridgehead atoms. The van der Waals surface area contributed by atoms with Crippen LogP contribution in [-0.4, -0.2) is 35.7 Å². The van der Waals surface area contributed by atoms with Crippen LogP contribution in [0.4, 0.5) is 5.69 Å². The Hall–Kier alpha value is -2.32. The predicted octanol–water partition coefficient (Wildman–Crippen LogP) is 2.51. The van der Waals surface area contributed by atoms with E-state index in [1.807, 2.05) is 6.92 Å². The number of hydrogen-bond acceptors (Lipinski definition) is 5. The van der Waals surface area contributed by atoms with E-state index in [-0.39, 0.29) is 10.6 Å². The lowest BCUT2D eigenvalue weighted by atomic mass is 10.2. The number of hydrogen-bond donors (Lipinski definition) is 0. The second-order valence-electron chi connectivity index (χ2n) is 6.04. The van der Waals surface area contributed by atoms with Crippen molar-refractivity contribution in [3.8, 4) is 5.75 Å². The minimum absolute atomic E-state index is 0.101. The summed E-state index contributed by atoms with van der Waals surface area (Å²) in [6, 6.07) is 12.2. The van der Waals surface area contributed by atoms with Crippen molar-refractivity contribution in [3.63, 3.8) is 0 Å². The number of ether oxygens (including phenoxy) is 1. The van der Waals surface area contributed by atoms with Crippen LogP contribution in [-0.2, 0) is 19.9 Å². The molecule has 0 aliphatic carbocycles. The monoisotopic (exact) mass is 393 g/mol. The molecule has 0 N–H and O–H groups in total. The van der Waals surface area contributed by atoms with Crippen molar-refractivity contribution >= 4 is 25.5 Å². The Morgan fingerprint density at radius 2 is 1.81 bits per heavy atom. The zero-order valence-electron chi connectivity index (χ0n) is 14.4.